The summed E-state index contributed by atoms with van der Waals surface area (Å²) >= 11 is 0. The third-order valence-corrected chi connectivity index (χ3v) is 0.730. The van der Waals surface area contributed by atoms with E-state index in [-0.39, 0.29) is 0 Å². The molecule has 7 heavy (non-hydrogen) atoms. The zero-order chi connectivity index (χ0) is 6.15. The van der Waals surface area contributed by atoms with Crippen LogP contribution < -0.4 is 0 Å². The molecule has 0 atom stereocenters. The first-order valence-electron chi connectivity index (χ1n) is 1.29. The molecule has 0 aliphatic rings. The Bertz CT molecular complexity index is 85.6. The zero-order valence-corrected chi connectivity index (χ0v) is 4.22. The van der Waals surface area contributed by atoms with Crippen molar-refractivity contribution in [2.75, 3.05) is 0 Å². The summed E-state index contributed by atoms with van der Waals surface area (Å²) in [5.74, 6) is 0. The van der Waals surface area contributed by atoms with Gasteiger partial charge in [0.25, 0.3) is 0 Å². The van der Waals surface area contributed by atoms with Crippen LogP contribution in [-0.4, -0.2) is 21.4 Å². The van der Waals surface area contributed by atoms with Gasteiger partial charge in [-0.15, -0.1) is 0 Å². The van der Waals surface area contributed by atoms with Crippen LogP contribution in [-0.2, 0) is 0 Å². The summed E-state index contributed by atoms with van der Waals surface area (Å²) in [7, 11) is -6.06. The fourth-order valence-corrected chi connectivity index (χ4v) is 0. The van der Waals surface area contributed by atoms with Crippen molar-refractivity contribution >= 4 is 14.5 Å². The molecule has 0 saturated heterocycles. The van der Waals surface area contributed by atoms with Crippen LogP contribution in [0.15, 0.2) is 4.76 Å². The number of halogens is 1. The van der Waals surface area contributed by atoms with E-state index in [2.05, 4.69) is 6.72 Å². The van der Waals surface area contributed by atoms with Crippen molar-refractivity contribution in [2.45, 2.75) is 0 Å². The summed E-state index contributed by atoms with van der Waals surface area (Å²) in [6.07, 6.45) is 0. The van der Waals surface area contributed by atoms with Crippen LogP contribution in [0.1, 0.15) is 0 Å². The van der Waals surface area contributed by atoms with Gasteiger partial charge in [-0.25, -0.2) is 0 Å². The van der Waals surface area contributed by atoms with Crippen molar-refractivity contribution in [1.82, 2.24) is 0 Å². The van der Waals surface area contributed by atoms with E-state index in [1.54, 1.807) is 0 Å². The third-order valence-electron chi connectivity index (χ3n) is 0.243. The van der Waals surface area contributed by atoms with Gasteiger partial charge < -0.3 is 0 Å². The van der Waals surface area contributed by atoms with Gasteiger partial charge in [0, 0.05) is 0 Å². The predicted molar refractivity (Wildman–Crippen MR) is 24.2 cm³/mol. The first-order chi connectivity index (χ1) is 2.81. The number of rotatable bonds is 1. The summed E-state index contributed by atoms with van der Waals surface area (Å²) in [4.78, 5) is 22.9. The van der Waals surface area contributed by atoms with Crippen LogP contribution in [0.4, 0.5) is 4.20 Å². The zero-order valence-electron chi connectivity index (χ0n) is 3.32. The van der Waals surface area contributed by atoms with E-state index in [1.807, 2.05) is 4.76 Å². The molecule has 0 heterocycles. The predicted octanol–water partition coefficient (Wildman–Crippen LogP) is -0.238. The van der Waals surface area contributed by atoms with Crippen molar-refractivity contribution in [1.29, 1.82) is 0 Å². The molecule has 4 nitrogen and oxygen atoms in total. The van der Waals surface area contributed by atoms with Gasteiger partial charge >= 0.3 is 38.1 Å². The van der Waals surface area contributed by atoms with Gasteiger partial charge in [0.2, 0.25) is 0 Å². The van der Waals surface area contributed by atoms with E-state index < -0.39 is 7.75 Å². The van der Waals surface area contributed by atoms with Gasteiger partial charge in [0.05, 0.1) is 0 Å². The average Bonchev–Trinajstić information content (AvgIpc) is 1.32. The Kier molecular flexibility index (Phi) is 1.18. The third kappa shape index (κ3) is 5.91. The quantitative estimate of drug-likeness (QED) is 0.338. The molecule has 0 aromatic carbocycles. The summed E-state index contributed by atoms with van der Waals surface area (Å²) in [5, 5.41) is 0. The Morgan fingerprint density at radius 1 is 1.43 bits per heavy atom. The van der Waals surface area contributed by atoms with E-state index in [9.17, 15) is 4.20 Å². The Balaban J connectivity index is 4.10. The van der Waals surface area contributed by atoms with Crippen molar-refractivity contribution in [2.24, 2.45) is 4.76 Å². The SMILES string of the molecule is C=NP(O)(O)(O)F. The van der Waals surface area contributed by atoms with Crippen molar-refractivity contribution in [3.8, 4) is 0 Å². The summed E-state index contributed by atoms with van der Waals surface area (Å²) in [6, 6.07) is 0. The second-order valence-electron chi connectivity index (χ2n) is 0.980. The van der Waals surface area contributed by atoms with Gasteiger partial charge in [-0.2, -0.15) is 0 Å². The van der Waals surface area contributed by atoms with Crippen LogP contribution in [0.25, 0.3) is 0 Å². The van der Waals surface area contributed by atoms with Gasteiger partial charge in [-0.1, -0.05) is 0 Å². The molecule has 0 aliphatic heterocycles. The van der Waals surface area contributed by atoms with Crippen LogP contribution in [0.3, 0.4) is 0 Å². The normalized spacial score (nSPS) is 17.4. The Hall–Kier alpha value is -0.0900. The second kappa shape index (κ2) is 1.20. The molecule has 0 rings (SSSR count). The van der Waals surface area contributed by atoms with Crippen molar-refractivity contribution in [3.63, 3.8) is 0 Å². The van der Waals surface area contributed by atoms with E-state index in [0.717, 1.165) is 0 Å². The molecule has 0 aromatic heterocycles. The molecule has 0 spiro atoms. The Labute approximate surface area is 39.3 Å². The van der Waals surface area contributed by atoms with E-state index >= 15 is 0 Å². The topological polar surface area (TPSA) is 73.1 Å². The molecule has 44 valence electrons. The molecule has 0 unspecified atom stereocenters. The molecule has 0 bridgehead atoms. The van der Waals surface area contributed by atoms with Crippen LogP contribution in [0.2, 0.25) is 0 Å². The molecule has 6 heteroatoms. The Morgan fingerprint density at radius 3 is 1.57 bits per heavy atom. The first-order valence-corrected chi connectivity index (χ1v) is 3.22. The second-order valence-corrected chi connectivity index (χ2v) is 2.94. The Morgan fingerprint density at radius 2 is 1.57 bits per heavy atom. The van der Waals surface area contributed by atoms with Crippen LogP contribution >= 0.6 is 7.75 Å². The molecular weight excluding hydrogens is 124 g/mol. The van der Waals surface area contributed by atoms with Crippen molar-refractivity contribution in [3.05, 3.63) is 0 Å². The molecular formula is CH5FNO3P. The maximum atomic E-state index is 11.4. The number of hydrogen-bond donors (Lipinski definition) is 3. The minimum atomic E-state index is -6.06. The molecule has 0 radical (unpaired) electrons. The van der Waals surface area contributed by atoms with Gasteiger partial charge in [-0.3, -0.25) is 0 Å². The average molecular weight is 129 g/mol. The minimum absolute atomic E-state index is 2.03. The molecule has 0 fully saturated rings. The van der Waals surface area contributed by atoms with Crippen LogP contribution in [0, 0.1) is 0 Å². The molecule has 3 N–H and O–H groups in total. The molecule has 0 amide bonds. The van der Waals surface area contributed by atoms with Crippen molar-refractivity contribution < 1.29 is 18.9 Å². The summed E-state index contributed by atoms with van der Waals surface area (Å²) in [5.41, 5.74) is 0. The van der Waals surface area contributed by atoms with Crippen LogP contribution in [0.5, 0.6) is 0 Å². The molecule has 0 saturated carbocycles. The van der Waals surface area contributed by atoms with E-state index in [1.165, 1.54) is 0 Å². The standard InChI is InChI=1S/CH5FNO3P/c1-3-7(2,4,5)6/h4-6H,1H2. The maximum absolute atomic E-state index is 11.4. The number of nitrogens with zero attached hydrogens (tertiary/aromatic N) is 1. The van der Waals surface area contributed by atoms with Gasteiger partial charge in [0.15, 0.2) is 0 Å². The number of hydrogen-bond acceptors (Lipinski definition) is 4. The summed E-state index contributed by atoms with van der Waals surface area (Å²) in [6.45, 7) is 2.39. The summed E-state index contributed by atoms with van der Waals surface area (Å²) < 4.78 is 13.4. The van der Waals surface area contributed by atoms with Gasteiger partial charge in [-0.05, 0) is 0 Å². The van der Waals surface area contributed by atoms with Gasteiger partial charge in [0.1, 0.15) is 0 Å². The molecule has 0 aromatic rings. The van der Waals surface area contributed by atoms with E-state index in [0.29, 0.717) is 0 Å². The monoisotopic (exact) mass is 129 g/mol. The first kappa shape index (κ1) is 6.91. The van der Waals surface area contributed by atoms with E-state index in [4.69, 9.17) is 14.7 Å². The fraction of sp³-hybridized carbons (Fsp3) is 0. The molecule has 0 aliphatic carbocycles. The fourth-order valence-electron chi connectivity index (χ4n) is 0.